The summed E-state index contributed by atoms with van der Waals surface area (Å²) in [6.07, 6.45) is 59.6. The molecule has 0 spiro atoms. The number of hydrogen-bond acceptors (Lipinski definition) is 3. The molecule has 0 bridgehead atoms. The lowest BCUT2D eigenvalue weighted by atomic mass is 9.57. The summed E-state index contributed by atoms with van der Waals surface area (Å²) in [7, 11) is 0. The molecule has 4 aromatic rings. The van der Waals surface area contributed by atoms with Crippen molar-refractivity contribution in [3.8, 4) is 5.75 Å². The second-order valence-corrected chi connectivity index (χ2v) is 30.2. The molecule has 0 saturated carbocycles. The van der Waals surface area contributed by atoms with Gasteiger partial charge in [-0.15, -0.1) is 0 Å². The van der Waals surface area contributed by atoms with Gasteiger partial charge in [-0.1, -0.05) is 196 Å². The van der Waals surface area contributed by atoms with Crippen molar-refractivity contribution in [1.82, 2.24) is 4.90 Å². The molecule has 101 heavy (non-hydrogen) atoms. The molecule has 7 heteroatoms. The number of ether oxygens (including phenoxy) is 1. The summed E-state index contributed by atoms with van der Waals surface area (Å²) in [6, 6.07) is 29.4. The van der Waals surface area contributed by atoms with Crippen LogP contribution in [0.15, 0.2) is 311 Å². The topological polar surface area (TPSA) is 15.7 Å². The van der Waals surface area contributed by atoms with Crippen LogP contribution in [-0.2, 0) is 10.8 Å². The van der Waals surface area contributed by atoms with Gasteiger partial charge >= 0.3 is 0 Å². The van der Waals surface area contributed by atoms with Crippen LogP contribution in [0.1, 0.15) is 141 Å². The molecule has 3 nitrogen and oxygen atoms in total. The van der Waals surface area contributed by atoms with E-state index in [2.05, 4.69) is 239 Å². The molecule has 0 N–H and O–H groups in total. The van der Waals surface area contributed by atoms with E-state index in [1.54, 1.807) is 24.3 Å². The first-order valence-corrected chi connectivity index (χ1v) is 37.1. The average Bonchev–Trinajstić information content (AvgIpc) is 1.55. The molecule has 12 aliphatic carbocycles. The summed E-state index contributed by atoms with van der Waals surface area (Å²) < 4.78 is 67.5. The van der Waals surface area contributed by atoms with Crippen molar-refractivity contribution in [3.05, 3.63) is 355 Å². The molecule has 12 unspecified atom stereocenters. The minimum absolute atomic E-state index is 0.00271. The van der Waals surface area contributed by atoms with Gasteiger partial charge in [-0.25, -0.2) is 17.6 Å². The van der Waals surface area contributed by atoms with Crippen LogP contribution in [0.3, 0.4) is 0 Å². The third kappa shape index (κ3) is 10.8. The zero-order valence-corrected chi connectivity index (χ0v) is 58.4. The highest BCUT2D eigenvalue weighted by atomic mass is 19.1. The quantitative estimate of drug-likeness (QED) is 0.117. The van der Waals surface area contributed by atoms with Crippen LogP contribution in [0.25, 0.3) is 17.7 Å². The molecule has 13 aliphatic rings. The van der Waals surface area contributed by atoms with Crippen molar-refractivity contribution < 1.29 is 22.3 Å². The summed E-state index contributed by atoms with van der Waals surface area (Å²) in [4.78, 5) is 4.98. The maximum atomic E-state index is 15.4. The van der Waals surface area contributed by atoms with Crippen molar-refractivity contribution in [1.29, 1.82) is 0 Å². The number of alkyl halides is 3. The van der Waals surface area contributed by atoms with Gasteiger partial charge in [-0.05, 0) is 241 Å². The lowest BCUT2D eigenvalue weighted by molar-refractivity contribution is 0.264. The molecule has 4 aromatic carbocycles. The molecule has 1 aliphatic heterocycles. The predicted molar refractivity (Wildman–Crippen MR) is 408 cm³/mol. The molecule has 0 saturated heterocycles. The Kier molecular flexibility index (Phi) is 16.6. The second kappa shape index (κ2) is 25.9. The van der Waals surface area contributed by atoms with Crippen LogP contribution >= 0.6 is 0 Å². The summed E-state index contributed by atoms with van der Waals surface area (Å²) in [5.41, 5.74) is 27.2. The standard InChI is InChI=1S/C94H88F4N2O/c1-7-61-17-25-65(26-18-61)93(67-29-37-71(97)38-30-67)85-15-11-9-13-77(85)79-45-41-73(53-87(79)93)99(89-51-57(3)83(49-59(89)5)63-21-33-69(95)34-22-63)75-43-47-81-82-48-44-76(56-92(82)101-91(81)55-75)100(90-52-58(4)84(50-60(90)6)64-23-35-70(96)36-24-64)74-42-46-80-78-14-10-12-16-86(78)94(88(80)54-74,68-31-39-72(98)40-32-68)66-27-19-62(8-2)20-28-66/h7-10,13-14,17-23,25-31,33,37,39-40,42-44,46-57,68-71,80-81,83,88,91H,1-2,11-12,15-16,24,32,34-36,38,41,45H2,3-6H3. The van der Waals surface area contributed by atoms with E-state index in [1.807, 2.05) is 18.2 Å². The highest BCUT2D eigenvalue weighted by molar-refractivity contribution is 5.81. The maximum Gasteiger partial charge on any atom is 0.130 e. The second-order valence-electron chi connectivity index (χ2n) is 30.2. The smallest absolute Gasteiger partial charge is 0.130 e. The summed E-state index contributed by atoms with van der Waals surface area (Å²) in [5.74, 6) is 0.862. The third-order valence-electron chi connectivity index (χ3n) is 24.6. The Bertz CT molecular complexity index is 4830. The molecule has 508 valence electrons. The van der Waals surface area contributed by atoms with Crippen molar-refractivity contribution >= 4 is 29.1 Å². The zero-order valence-electron chi connectivity index (χ0n) is 58.4. The van der Waals surface area contributed by atoms with Gasteiger partial charge in [0.1, 0.15) is 36.2 Å². The lowest BCUT2D eigenvalue weighted by Crippen LogP contribution is -2.43. The van der Waals surface area contributed by atoms with E-state index in [0.29, 0.717) is 38.5 Å². The Balaban J connectivity index is 0.787. The van der Waals surface area contributed by atoms with Gasteiger partial charge in [0.05, 0.1) is 5.41 Å². The van der Waals surface area contributed by atoms with E-state index in [9.17, 15) is 8.78 Å². The third-order valence-corrected chi connectivity index (χ3v) is 24.6. The summed E-state index contributed by atoms with van der Waals surface area (Å²) >= 11 is 0. The van der Waals surface area contributed by atoms with E-state index < -0.39 is 29.3 Å². The summed E-state index contributed by atoms with van der Waals surface area (Å²) in [6.45, 7) is 17.2. The first-order valence-electron chi connectivity index (χ1n) is 37.1. The first kappa shape index (κ1) is 64.9. The van der Waals surface area contributed by atoms with Crippen molar-refractivity contribution in [3.63, 3.8) is 0 Å². The minimum atomic E-state index is -1.04. The summed E-state index contributed by atoms with van der Waals surface area (Å²) in [5, 5.41) is 0. The molecular formula is C94H88F4N2O. The van der Waals surface area contributed by atoms with Crippen molar-refractivity contribution in [2.24, 2.45) is 29.6 Å². The van der Waals surface area contributed by atoms with Crippen LogP contribution in [0.5, 0.6) is 5.75 Å². The fourth-order valence-electron chi connectivity index (χ4n) is 19.8. The Morgan fingerprint density at radius 3 is 2.05 bits per heavy atom. The van der Waals surface area contributed by atoms with Gasteiger partial charge < -0.3 is 14.5 Å². The number of benzene rings is 4. The van der Waals surface area contributed by atoms with Crippen LogP contribution in [0.4, 0.5) is 28.9 Å². The molecular weight excluding hydrogens is 1250 g/mol. The Labute approximate surface area is 594 Å². The lowest BCUT2D eigenvalue weighted by Gasteiger charge is -2.46. The molecule has 0 aromatic heterocycles. The molecule has 1 heterocycles. The number of halogens is 4. The van der Waals surface area contributed by atoms with Crippen LogP contribution in [-0.4, -0.2) is 29.5 Å². The van der Waals surface area contributed by atoms with Gasteiger partial charge in [-0.3, -0.25) is 0 Å². The van der Waals surface area contributed by atoms with Crippen molar-refractivity contribution in [2.75, 3.05) is 4.90 Å². The number of fused-ring (bicyclic) bond motifs is 6. The predicted octanol–water partition coefficient (Wildman–Crippen LogP) is 24.1. The number of aryl methyl sites for hydroxylation is 2. The first-order chi connectivity index (χ1) is 49.2. The Hall–Kier alpha value is -9.46. The molecule has 0 radical (unpaired) electrons. The van der Waals surface area contributed by atoms with E-state index in [-0.39, 0.29) is 47.4 Å². The molecule has 0 amide bonds. The molecule has 17 rings (SSSR count). The SMILES string of the molecule is C=Cc1ccc(C2(C3=CCC(F)C=C3)C3=C(CCC(N(C4=CC5Oc6cc(N(C7=CC8C(C=C7)C7=C(CCC=C7)C8(c7ccc(C=C)cc7)C7C=CC(F)=CC7)c7cc(C)c(C8=CCC(F)CC8)cc7C)ccc6C5C=C4)C4=CC(C)C(C5=CCC(F)C=C5)C=C4C)=C3)C3=C2CCC=C3)cc1. The monoisotopic (exact) mass is 1340 g/mol. The van der Waals surface area contributed by atoms with Gasteiger partial charge in [0, 0.05) is 87.7 Å². The highest BCUT2D eigenvalue weighted by Gasteiger charge is 2.57. The van der Waals surface area contributed by atoms with Crippen LogP contribution < -0.4 is 9.64 Å². The van der Waals surface area contributed by atoms with Gasteiger partial charge in [0.25, 0.3) is 0 Å². The zero-order chi connectivity index (χ0) is 69.0. The van der Waals surface area contributed by atoms with Crippen molar-refractivity contribution in [2.45, 2.75) is 146 Å². The number of nitrogens with zero attached hydrogens (tertiary/aromatic N) is 2. The molecule has 12 atom stereocenters. The average molecular weight is 1340 g/mol. The highest BCUT2D eigenvalue weighted by Crippen LogP contribution is 2.64. The number of rotatable bonds is 14. The van der Waals surface area contributed by atoms with Crippen LogP contribution in [0.2, 0.25) is 0 Å². The van der Waals surface area contributed by atoms with Gasteiger partial charge in [0.15, 0.2) is 0 Å². The van der Waals surface area contributed by atoms with Crippen LogP contribution in [0, 0.1) is 43.4 Å². The normalized spacial score (nSPS) is 30.3. The number of anilines is 2. The largest absolute Gasteiger partial charge is 0.485 e. The number of hydrogen-bond donors (Lipinski definition) is 0. The molecule has 0 fully saturated rings. The Morgan fingerprint density at radius 1 is 0.604 bits per heavy atom. The van der Waals surface area contributed by atoms with Gasteiger partial charge in [0.2, 0.25) is 0 Å². The fourth-order valence-corrected chi connectivity index (χ4v) is 19.8. The fraction of sp³-hybridized carbons (Fsp3) is 0.298. The maximum absolute atomic E-state index is 15.4. The minimum Gasteiger partial charge on any atom is -0.485 e. The van der Waals surface area contributed by atoms with E-state index in [1.165, 1.54) is 61.4 Å². The van der Waals surface area contributed by atoms with E-state index in [0.717, 1.165) is 117 Å². The van der Waals surface area contributed by atoms with Gasteiger partial charge in [-0.2, -0.15) is 0 Å². The van der Waals surface area contributed by atoms with E-state index >= 15 is 8.78 Å². The Morgan fingerprint density at radius 2 is 1.34 bits per heavy atom. The number of allylic oxidation sites excluding steroid dienone is 33. The van der Waals surface area contributed by atoms with E-state index in [4.69, 9.17) is 4.74 Å².